The molecule has 2 aromatic rings. The molecule has 1 heterocycles. The van der Waals surface area contributed by atoms with Crippen LogP contribution in [0.2, 0.25) is 0 Å². The highest BCUT2D eigenvalue weighted by molar-refractivity contribution is 7.77. The minimum absolute atomic E-state index is 0.0191. The SMILES string of the molecule is C=CCN=C([S-])C(C(=O)c1ccc(OC(F)F)cc1)[n+]1ccccc1. The first-order chi connectivity index (χ1) is 12.0. The fraction of sp³-hybridized carbons (Fsp3) is 0.167. The number of ether oxygens (including phenoxy) is 1. The average molecular weight is 362 g/mol. The smallest absolute Gasteiger partial charge is 0.387 e. The summed E-state index contributed by atoms with van der Waals surface area (Å²) in [5, 5.41) is 0.217. The molecule has 130 valence electrons. The van der Waals surface area contributed by atoms with Crippen LogP contribution in [-0.2, 0) is 12.6 Å². The maximum atomic E-state index is 12.9. The van der Waals surface area contributed by atoms with Crippen molar-refractivity contribution < 1.29 is 22.9 Å². The summed E-state index contributed by atoms with van der Waals surface area (Å²) in [6, 6.07) is 10.0. The molecule has 1 aromatic heterocycles. The molecular formula is C18H16F2N2O2S. The Hall–Kier alpha value is -2.67. The summed E-state index contributed by atoms with van der Waals surface area (Å²) in [6.45, 7) is 0.966. The van der Waals surface area contributed by atoms with Gasteiger partial charge in [-0.05, 0) is 29.3 Å². The van der Waals surface area contributed by atoms with E-state index in [1.54, 1.807) is 35.2 Å². The van der Waals surface area contributed by atoms with Crippen molar-refractivity contribution in [2.75, 3.05) is 6.54 Å². The van der Waals surface area contributed by atoms with Gasteiger partial charge >= 0.3 is 6.61 Å². The Labute approximate surface area is 149 Å². The molecule has 7 heteroatoms. The zero-order valence-electron chi connectivity index (χ0n) is 13.2. The van der Waals surface area contributed by atoms with Crippen LogP contribution >= 0.6 is 0 Å². The maximum absolute atomic E-state index is 12.9. The van der Waals surface area contributed by atoms with Gasteiger partial charge in [-0.3, -0.25) is 4.79 Å². The number of ketones is 1. The Bertz CT molecular complexity index is 749. The third kappa shape index (κ3) is 5.15. The standard InChI is InChI=1S/C18H16F2N2O2S/c1-2-10-21-17(25)15(22-11-4-3-5-12-22)16(23)13-6-8-14(9-7-13)24-18(19)20/h2-9,11-12,15,18H,1,10H2. The van der Waals surface area contributed by atoms with Crippen molar-refractivity contribution in [1.82, 2.24) is 0 Å². The van der Waals surface area contributed by atoms with E-state index in [1.807, 2.05) is 6.07 Å². The predicted molar refractivity (Wildman–Crippen MR) is 92.9 cm³/mol. The third-order valence-corrected chi connectivity index (χ3v) is 3.61. The minimum Gasteiger partial charge on any atom is -0.758 e. The van der Waals surface area contributed by atoms with Gasteiger partial charge in [0, 0.05) is 17.7 Å². The van der Waals surface area contributed by atoms with E-state index in [0.717, 1.165) is 0 Å². The molecule has 0 aliphatic carbocycles. The molecule has 0 saturated carbocycles. The zero-order chi connectivity index (χ0) is 18.2. The van der Waals surface area contributed by atoms with Crippen LogP contribution in [0.4, 0.5) is 8.78 Å². The molecule has 25 heavy (non-hydrogen) atoms. The van der Waals surface area contributed by atoms with Crippen molar-refractivity contribution in [3.8, 4) is 5.75 Å². The fourth-order valence-electron chi connectivity index (χ4n) is 2.16. The second-order valence-electron chi connectivity index (χ2n) is 4.96. The normalized spacial score (nSPS) is 12.7. The lowest BCUT2D eigenvalue weighted by Gasteiger charge is -2.18. The maximum Gasteiger partial charge on any atom is 0.387 e. The van der Waals surface area contributed by atoms with E-state index < -0.39 is 12.7 Å². The highest BCUT2D eigenvalue weighted by Gasteiger charge is 2.28. The predicted octanol–water partition coefficient (Wildman–Crippen LogP) is 3.13. The second-order valence-corrected chi connectivity index (χ2v) is 5.38. The van der Waals surface area contributed by atoms with Gasteiger partial charge < -0.3 is 22.4 Å². The van der Waals surface area contributed by atoms with Gasteiger partial charge in [-0.15, -0.1) is 6.58 Å². The summed E-state index contributed by atoms with van der Waals surface area (Å²) < 4.78 is 30.4. The molecule has 4 nitrogen and oxygen atoms in total. The second kappa shape index (κ2) is 8.98. The van der Waals surface area contributed by atoms with Gasteiger partial charge in [0.1, 0.15) is 5.75 Å². The van der Waals surface area contributed by atoms with E-state index in [1.165, 1.54) is 24.3 Å². The van der Waals surface area contributed by atoms with Gasteiger partial charge in [0.2, 0.25) is 11.8 Å². The van der Waals surface area contributed by atoms with Crippen molar-refractivity contribution in [2.24, 2.45) is 4.99 Å². The van der Waals surface area contributed by atoms with Crippen molar-refractivity contribution in [3.05, 3.63) is 73.1 Å². The van der Waals surface area contributed by atoms with E-state index in [0.29, 0.717) is 12.1 Å². The number of nitrogens with zero attached hydrogens (tertiary/aromatic N) is 2. The largest absolute Gasteiger partial charge is 0.758 e. The number of halogens is 2. The number of benzene rings is 1. The molecule has 0 aliphatic heterocycles. The van der Waals surface area contributed by atoms with Crippen LogP contribution < -0.4 is 9.30 Å². The number of aromatic nitrogens is 1. The van der Waals surface area contributed by atoms with Gasteiger partial charge in [-0.25, -0.2) is 0 Å². The highest BCUT2D eigenvalue weighted by Crippen LogP contribution is 2.18. The molecule has 0 amide bonds. The van der Waals surface area contributed by atoms with Crippen LogP contribution in [0.1, 0.15) is 16.4 Å². The Balaban J connectivity index is 2.33. The summed E-state index contributed by atoms with van der Waals surface area (Å²) >= 11 is 5.30. The van der Waals surface area contributed by atoms with Crippen molar-refractivity contribution >= 4 is 23.5 Å². The molecule has 2 rings (SSSR count). The van der Waals surface area contributed by atoms with E-state index in [2.05, 4.69) is 16.3 Å². The van der Waals surface area contributed by atoms with E-state index in [4.69, 9.17) is 12.6 Å². The molecule has 0 N–H and O–H groups in total. The highest BCUT2D eigenvalue weighted by atomic mass is 32.1. The summed E-state index contributed by atoms with van der Waals surface area (Å²) in [4.78, 5) is 17.1. The van der Waals surface area contributed by atoms with E-state index in [-0.39, 0.29) is 16.6 Å². The lowest BCUT2D eigenvalue weighted by molar-refractivity contribution is -0.691. The van der Waals surface area contributed by atoms with Crippen LogP contribution in [-0.4, -0.2) is 24.0 Å². The topological polar surface area (TPSA) is 42.5 Å². The molecule has 1 unspecified atom stereocenters. The van der Waals surface area contributed by atoms with Gasteiger partial charge in [0.25, 0.3) is 0 Å². The number of Topliss-reactive ketones (excluding diaryl/α,β-unsaturated/α-hetero) is 1. The summed E-state index contributed by atoms with van der Waals surface area (Å²) in [6.07, 6.45) is 5.01. The Morgan fingerprint density at radius 2 is 1.88 bits per heavy atom. The first-order valence-corrected chi connectivity index (χ1v) is 7.81. The average Bonchev–Trinajstić information content (AvgIpc) is 2.61. The van der Waals surface area contributed by atoms with Crippen LogP contribution in [0.3, 0.4) is 0 Å². The molecule has 1 atom stereocenters. The van der Waals surface area contributed by atoms with E-state index in [9.17, 15) is 13.6 Å². The van der Waals surface area contributed by atoms with Crippen LogP contribution in [0.5, 0.6) is 5.75 Å². The van der Waals surface area contributed by atoms with E-state index >= 15 is 0 Å². The molecule has 0 radical (unpaired) electrons. The van der Waals surface area contributed by atoms with Crippen LogP contribution in [0.25, 0.3) is 0 Å². The van der Waals surface area contributed by atoms with Gasteiger partial charge in [0.15, 0.2) is 12.4 Å². The molecule has 0 fully saturated rings. The van der Waals surface area contributed by atoms with Crippen LogP contribution in [0.15, 0.2) is 72.5 Å². The molecule has 0 aliphatic rings. The Morgan fingerprint density at radius 3 is 2.44 bits per heavy atom. The van der Waals surface area contributed by atoms with Crippen molar-refractivity contribution in [3.63, 3.8) is 0 Å². The number of alkyl halides is 2. The van der Waals surface area contributed by atoms with Crippen molar-refractivity contribution in [1.29, 1.82) is 0 Å². The number of rotatable bonds is 8. The molecular weight excluding hydrogens is 346 g/mol. The minimum atomic E-state index is -2.92. The lowest BCUT2D eigenvalue weighted by Crippen LogP contribution is -2.47. The number of carbonyl (C=O) groups is 1. The summed E-state index contributed by atoms with van der Waals surface area (Å²) in [5.74, 6) is -0.313. The van der Waals surface area contributed by atoms with Gasteiger partial charge in [-0.2, -0.15) is 13.3 Å². The number of pyridine rings is 1. The molecule has 1 aromatic carbocycles. The number of carbonyl (C=O) groups excluding carboxylic acids is 1. The number of hydrogen-bond acceptors (Lipinski definition) is 4. The molecule has 0 spiro atoms. The molecule has 0 bridgehead atoms. The summed E-state index contributed by atoms with van der Waals surface area (Å²) in [7, 11) is 0. The van der Waals surface area contributed by atoms with Crippen LogP contribution in [0, 0.1) is 0 Å². The number of aliphatic imine (C=N–C) groups is 1. The van der Waals surface area contributed by atoms with Crippen molar-refractivity contribution in [2.45, 2.75) is 12.7 Å². The first kappa shape index (κ1) is 18.7. The summed E-state index contributed by atoms with van der Waals surface area (Å²) in [5.41, 5.74) is 0.319. The Morgan fingerprint density at radius 1 is 1.24 bits per heavy atom. The van der Waals surface area contributed by atoms with Gasteiger partial charge in [-0.1, -0.05) is 12.1 Å². The Kier molecular flexibility index (Phi) is 6.71. The first-order valence-electron chi connectivity index (χ1n) is 7.40. The van der Waals surface area contributed by atoms with Gasteiger partial charge in [0.05, 0.1) is 6.54 Å². The monoisotopic (exact) mass is 362 g/mol. The fourth-order valence-corrected chi connectivity index (χ4v) is 2.46. The lowest BCUT2D eigenvalue weighted by atomic mass is 10.0. The number of hydrogen-bond donors (Lipinski definition) is 0. The molecule has 0 saturated heterocycles. The quantitative estimate of drug-likeness (QED) is 0.181. The zero-order valence-corrected chi connectivity index (χ0v) is 14.0. The third-order valence-electron chi connectivity index (χ3n) is 3.26.